The Morgan fingerprint density at radius 2 is 2.12 bits per heavy atom. The maximum Gasteiger partial charge on any atom is 0.274 e. The number of aliphatic hydroxyl groups is 1. The van der Waals surface area contributed by atoms with Gasteiger partial charge >= 0.3 is 0 Å². The number of pyridine rings is 1. The number of rotatable bonds is 3. The van der Waals surface area contributed by atoms with E-state index in [0.717, 1.165) is 16.7 Å². The average Bonchev–Trinajstić information content (AvgIpc) is 3.21. The van der Waals surface area contributed by atoms with Crippen LogP contribution in [0.4, 0.5) is 0 Å². The monoisotopic (exact) mass is 321 g/mol. The number of nitrogens with zero attached hydrogens (tertiary/aromatic N) is 2. The van der Waals surface area contributed by atoms with E-state index >= 15 is 0 Å². The molecule has 3 aromatic rings. The number of aromatic nitrogens is 2. The zero-order chi connectivity index (χ0) is 16.5. The van der Waals surface area contributed by atoms with Crippen LogP contribution in [0.15, 0.2) is 59.4 Å². The zero-order valence-corrected chi connectivity index (χ0v) is 12.7. The van der Waals surface area contributed by atoms with E-state index in [1.165, 1.54) is 0 Å². The summed E-state index contributed by atoms with van der Waals surface area (Å²) >= 11 is 0. The van der Waals surface area contributed by atoms with Gasteiger partial charge in [-0.15, -0.1) is 0 Å². The number of hydrogen-bond acceptors (Lipinski definition) is 5. The summed E-state index contributed by atoms with van der Waals surface area (Å²) in [7, 11) is 0. The SMILES string of the molecule is O=C(NC1c2ccccc2CC1O)c1cc(-c2cccnc2)on1. The second kappa shape index (κ2) is 5.90. The van der Waals surface area contributed by atoms with E-state index in [1.54, 1.807) is 24.5 Å². The lowest BCUT2D eigenvalue weighted by molar-refractivity contribution is 0.0849. The Bertz CT molecular complexity index is 876. The number of amides is 1. The number of nitrogens with one attached hydrogen (secondary N) is 1. The van der Waals surface area contributed by atoms with Gasteiger partial charge in [-0.3, -0.25) is 9.78 Å². The number of carbonyl (C=O) groups excluding carboxylic acids is 1. The first-order valence-electron chi connectivity index (χ1n) is 7.66. The van der Waals surface area contributed by atoms with Crippen LogP contribution in [0.3, 0.4) is 0 Å². The van der Waals surface area contributed by atoms with Gasteiger partial charge in [0.2, 0.25) is 0 Å². The first-order valence-corrected chi connectivity index (χ1v) is 7.66. The lowest BCUT2D eigenvalue weighted by atomic mass is 10.1. The van der Waals surface area contributed by atoms with Crippen molar-refractivity contribution in [2.75, 3.05) is 0 Å². The van der Waals surface area contributed by atoms with Crippen molar-refractivity contribution >= 4 is 5.91 Å². The maximum absolute atomic E-state index is 12.4. The molecule has 0 saturated carbocycles. The second-order valence-electron chi connectivity index (χ2n) is 5.74. The van der Waals surface area contributed by atoms with Crippen LogP contribution in [-0.4, -0.2) is 27.3 Å². The van der Waals surface area contributed by atoms with E-state index in [1.807, 2.05) is 30.3 Å². The van der Waals surface area contributed by atoms with Crippen molar-refractivity contribution < 1.29 is 14.4 Å². The molecule has 2 aromatic heterocycles. The van der Waals surface area contributed by atoms with Crippen LogP contribution in [0.25, 0.3) is 11.3 Å². The standard InChI is InChI=1S/C18H15N3O3/c22-15-8-11-4-1-2-6-13(11)17(15)20-18(23)14-9-16(24-21-14)12-5-3-7-19-10-12/h1-7,9-10,15,17,22H,8H2,(H,20,23). The van der Waals surface area contributed by atoms with Gasteiger partial charge in [0.25, 0.3) is 5.91 Å². The van der Waals surface area contributed by atoms with Crippen molar-refractivity contribution in [3.05, 3.63) is 71.7 Å². The van der Waals surface area contributed by atoms with Gasteiger partial charge in [0.15, 0.2) is 11.5 Å². The molecule has 1 aromatic carbocycles. The van der Waals surface area contributed by atoms with Gasteiger partial charge in [-0.2, -0.15) is 0 Å². The number of benzene rings is 1. The topological polar surface area (TPSA) is 88.2 Å². The van der Waals surface area contributed by atoms with Crippen LogP contribution in [0.1, 0.15) is 27.7 Å². The molecule has 120 valence electrons. The largest absolute Gasteiger partial charge is 0.390 e. The molecule has 0 bridgehead atoms. The summed E-state index contributed by atoms with van der Waals surface area (Å²) in [5, 5.41) is 16.9. The quantitative estimate of drug-likeness (QED) is 0.771. The molecule has 2 unspecified atom stereocenters. The van der Waals surface area contributed by atoms with E-state index in [4.69, 9.17) is 4.52 Å². The molecule has 2 N–H and O–H groups in total. The molecular formula is C18H15N3O3. The van der Waals surface area contributed by atoms with Crippen molar-refractivity contribution in [1.82, 2.24) is 15.5 Å². The smallest absolute Gasteiger partial charge is 0.274 e. The molecule has 1 aliphatic carbocycles. The molecule has 4 rings (SSSR count). The molecule has 1 aliphatic rings. The maximum atomic E-state index is 12.4. The highest BCUT2D eigenvalue weighted by Gasteiger charge is 2.32. The third-order valence-corrected chi connectivity index (χ3v) is 4.18. The van der Waals surface area contributed by atoms with Gasteiger partial charge in [-0.1, -0.05) is 29.4 Å². The van der Waals surface area contributed by atoms with Gasteiger partial charge in [0.1, 0.15) is 0 Å². The first-order chi connectivity index (χ1) is 11.7. The molecule has 0 aliphatic heterocycles. The molecule has 2 atom stereocenters. The summed E-state index contributed by atoms with van der Waals surface area (Å²) in [6.45, 7) is 0. The molecule has 6 nitrogen and oxygen atoms in total. The Hall–Kier alpha value is -2.99. The first kappa shape index (κ1) is 14.6. The number of hydrogen-bond donors (Lipinski definition) is 2. The van der Waals surface area contributed by atoms with E-state index in [9.17, 15) is 9.90 Å². The Kier molecular flexibility index (Phi) is 3.59. The van der Waals surface area contributed by atoms with Gasteiger partial charge < -0.3 is 14.9 Å². The molecular weight excluding hydrogens is 306 g/mol. The van der Waals surface area contributed by atoms with Gasteiger partial charge in [0, 0.05) is 30.4 Å². The van der Waals surface area contributed by atoms with Crippen LogP contribution < -0.4 is 5.32 Å². The zero-order valence-electron chi connectivity index (χ0n) is 12.7. The van der Waals surface area contributed by atoms with Crippen molar-refractivity contribution in [2.24, 2.45) is 0 Å². The van der Waals surface area contributed by atoms with Crippen LogP contribution in [-0.2, 0) is 6.42 Å². The van der Waals surface area contributed by atoms with E-state index in [2.05, 4.69) is 15.5 Å². The number of carbonyl (C=O) groups is 1. The third-order valence-electron chi connectivity index (χ3n) is 4.18. The molecule has 0 radical (unpaired) electrons. The number of fused-ring (bicyclic) bond motifs is 1. The van der Waals surface area contributed by atoms with E-state index in [0.29, 0.717) is 12.2 Å². The van der Waals surface area contributed by atoms with Gasteiger partial charge in [0.05, 0.1) is 12.1 Å². The van der Waals surface area contributed by atoms with E-state index < -0.39 is 12.1 Å². The summed E-state index contributed by atoms with van der Waals surface area (Å²) in [6, 6.07) is 12.4. The van der Waals surface area contributed by atoms with Crippen LogP contribution in [0.2, 0.25) is 0 Å². The molecule has 0 fully saturated rings. The Morgan fingerprint density at radius 1 is 1.25 bits per heavy atom. The highest BCUT2D eigenvalue weighted by atomic mass is 16.5. The summed E-state index contributed by atoms with van der Waals surface area (Å²) < 4.78 is 5.22. The summed E-state index contributed by atoms with van der Waals surface area (Å²) in [5.41, 5.74) is 2.90. The van der Waals surface area contributed by atoms with Crippen LogP contribution >= 0.6 is 0 Å². The predicted molar refractivity (Wildman–Crippen MR) is 86.1 cm³/mol. The summed E-state index contributed by atoms with van der Waals surface area (Å²) in [4.78, 5) is 16.5. The van der Waals surface area contributed by atoms with Gasteiger partial charge in [-0.05, 0) is 23.3 Å². The van der Waals surface area contributed by atoms with Crippen molar-refractivity contribution in [1.29, 1.82) is 0 Å². The van der Waals surface area contributed by atoms with Crippen molar-refractivity contribution in [3.63, 3.8) is 0 Å². The molecule has 24 heavy (non-hydrogen) atoms. The normalized spacial score (nSPS) is 19.0. The minimum absolute atomic E-state index is 0.172. The lowest BCUT2D eigenvalue weighted by Crippen LogP contribution is -2.34. The second-order valence-corrected chi connectivity index (χ2v) is 5.74. The van der Waals surface area contributed by atoms with Gasteiger partial charge in [-0.25, -0.2) is 0 Å². The summed E-state index contributed by atoms with van der Waals surface area (Å²) in [6.07, 6.45) is 3.18. The molecule has 1 amide bonds. The predicted octanol–water partition coefficient (Wildman–Crippen LogP) is 2.12. The fraction of sp³-hybridized carbons (Fsp3) is 0.167. The number of aliphatic hydroxyl groups excluding tert-OH is 1. The average molecular weight is 321 g/mol. The minimum atomic E-state index is -0.643. The van der Waals surface area contributed by atoms with Crippen LogP contribution in [0.5, 0.6) is 0 Å². The Morgan fingerprint density at radius 3 is 2.96 bits per heavy atom. The highest BCUT2D eigenvalue weighted by Crippen LogP contribution is 2.31. The van der Waals surface area contributed by atoms with Crippen molar-refractivity contribution in [2.45, 2.75) is 18.6 Å². The molecule has 6 heteroatoms. The fourth-order valence-corrected chi connectivity index (χ4v) is 2.99. The molecule has 0 saturated heterocycles. The fourth-order valence-electron chi connectivity index (χ4n) is 2.99. The third kappa shape index (κ3) is 2.57. The molecule has 2 heterocycles. The Labute approximate surface area is 138 Å². The van der Waals surface area contributed by atoms with E-state index in [-0.39, 0.29) is 11.6 Å². The molecule has 0 spiro atoms. The summed E-state index contributed by atoms with van der Waals surface area (Å²) in [5.74, 6) is 0.0928. The lowest BCUT2D eigenvalue weighted by Gasteiger charge is -2.16. The minimum Gasteiger partial charge on any atom is -0.390 e. The van der Waals surface area contributed by atoms with Crippen LogP contribution in [0, 0.1) is 0 Å². The highest BCUT2D eigenvalue weighted by molar-refractivity contribution is 5.93. The van der Waals surface area contributed by atoms with Crippen molar-refractivity contribution in [3.8, 4) is 11.3 Å². The Balaban J connectivity index is 1.54.